The highest BCUT2D eigenvalue weighted by atomic mass is 32.2. The molecule has 0 radical (unpaired) electrons. The summed E-state index contributed by atoms with van der Waals surface area (Å²) in [6.07, 6.45) is -3.68. The number of β-amino-alcohol motifs (C(OH)–C–C–N with tert-alkyl or cyclic N) is 1. The molecule has 0 bridgehead atoms. The van der Waals surface area contributed by atoms with Gasteiger partial charge in [-0.25, -0.2) is 8.42 Å². The van der Waals surface area contributed by atoms with E-state index in [1.54, 1.807) is 17.5 Å². The molecule has 12 heteroatoms. The number of piperazine rings is 1. The number of aliphatic hydroxyl groups excluding tert-OH is 1. The van der Waals surface area contributed by atoms with Crippen LogP contribution in [0, 0.1) is 0 Å². The summed E-state index contributed by atoms with van der Waals surface area (Å²) < 4.78 is 67.8. The number of hydrogen-bond donors (Lipinski definition) is 2. The summed E-state index contributed by atoms with van der Waals surface area (Å²) in [7, 11) is -3.65. The lowest BCUT2D eigenvalue weighted by atomic mass is 9.95. The Labute approximate surface area is 207 Å². The number of halogens is 3. The standard InChI is InChI=1S/C23H30F3N3O4S2/c1-22(31,23(24,25)26)17-6-8-18(9-7-17)29-12-11-28(35(32,33)21-5-3-13-34-21)15-19(29)14-27-10-2-4-20(30)16-27/h3,5-9,13,19-20,30-31H,2,4,10-12,14-16H2,1H3/t19-,20-,22+/m0/s1. The largest absolute Gasteiger partial charge is 0.421 e. The number of nitrogens with zero attached hydrogens (tertiary/aromatic N) is 3. The maximum absolute atomic E-state index is 13.3. The summed E-state index contributed by atoms with van der Waals surface area (Å²) in [6, 6.07) is 8.61. The van der Waals surface area contributed by atoms with Crippen molar-refractivity contribution in [1.82, 2.24) is 9.21 Å². The Morgan fingerprint density at radius 3 is 2.40 bits per heavy atom. The average Bonchev–Trinajstić information content (AvgIpc) is 3.34. The first-order valence-electron chi connectivity index (χ1n) is 11.5. The molecular formula is C23H30F3N3O4S2. The van der Waals surface area contributed by atoms with E-state index in [1.165, 1.54) is 28.6 Å². The highest BCUT2D eigenvalue weighted by Gasteiger charge is 2.51. The van der Waals surface area contributed by atoms with Crippen LogP contribution in [-0.4, -0.2) is 85.4 Å². The van der Waals surface area contributed by atoms with E-state index in [2.05, 4.69) is 4.90 Å². The first-order chi connectivity index (χ1) is 16.4. The topological polar surface area (TPSA) is 84.3 Å². The van der Waals surface area contributed by atoms with Gasteiger partial charge in [0.05, 0.1) is 12.1 Å². The Morgan fingerprint density at radius 2 is 1.80 bits per heavy atom. The Morgan fingerprint density at radius 1 is 1.09 bits per heavy atom. The van der Waals surface area contributed by atoms with Crippen LogP contribution in [0.1, 0.15) is 25.3 Å². The average molecular weight is 534 g/mol. The molecule has 4 rings (SSSR count). The quantitative estimate of drug-likeness (QED) is 0.594. The zero-order chi connectivity index (χ0) is 25.4. The summed E-state index contributed by atoms with van der Waals surface area (Å²) in [4.78, 5) is 4.11. The van der Waals surface area contributed by atoms with Crippen molar-refractivity contribution in [3.05, 3.63) is 47.3 Å². The fourth-order valence-electron chi connectivity index (χ4n) is 4.71. The van der Waals surface area contributed by atoms with E-state index in [0.29, 0.717) is 25.3 Å². The van der Waals surface area contributed by atoms with Crippen molar-refractivity contribution in [3.8, 4) is 0 Å². The monoisotopic (exact) mass is 533 g/mol. The molecule has 2 fully saturated rings. The van der Waals surface area contributed by atoms with E-state index in [0.717, 1.165) is 37.6 Å². The lowest BCUT2D eigenvalue weighted by molar-refractivity contribution is -0.258. The van der Waals surface area contributed by atoms with E-state index in [9.17, 15) is 31.8 Å². The van der Waals surface area contributed by atoms with Crippen LogP contribution in [-0.2, 0) is 15.6 Å². The third-order valence-electron chi connectivity index (χ3n) is 6.80. The van der Waals surface area contributed by atoms with Crippen molar-refractivity contribution < 1.29 is 31.8 Å². The second-order valence-corrected chi connectivity index (χ2v) is 12.4. The van der Waals surface area contributed by atoms with Crippen LogP contribution >= 0.6 is 11.3 Å². The molecule has 0 amide bonds. The van der Waals surface area contributed by atoms with Gasteiger partial charge in [0, 0.05) is 38.4 Å². The summed E-state index contributed by atoms with van der Waals surface area (Å²) in [5.74, 6) is 0. The number of alkyl halides is 3. The van der Waals surface area contributed by atoms with Crippen LogP contribution in [0.15, 0.2) is 46.0 Å². The highest BCUT2D eigenvalue weighted by molar-refractivity contribution is 7.91. The summed E-state index contributed by atoms with van der Waals surface area (Å²) >= 11 is 1.16. The van der Waals surface area contributed by atoms with Crippen molar-refractivity contribution in [1.29, 1.82) is 0 Å². The molecule has 0 aliphatic carbocycles. The van der Waals surface area contributed by atoms with Crippen LogP contribution in [0.5, 0.6) is 0 Å². The molecule has 2 N–H and O–H groups in total. The molecule has 0 spiro atoms. The Hall–Kier alpha value is -1.70. The minimum atomic E-state index is -4.81. The maximum Gasteiger partial charge on any atom is 0.421 e. The summed E-state index contributed by atoms with van der Waals surface area (Å²) in [5, 5.41) is 21.8. The second-order valence-electron chi connectivity index (χ2n) is 9.31. The third-order valence-corrected chi connectivity index (χ3v) is 10.0. The Kier molecular flexibility index (Phi) is 7.52. The lowest BCUT2D eigenvalue weighted by Gasteiger charge is -2.45. The van der Waals surface area contributed by atoms with Gasteiger partial charge in [0.15, 0.2) is 5.60 Å². The van der Waals surface area contributed by atoms with Crippen molar-refractivity contribution in [3.63, 3.8) is 0 Å². The number of thiophene rings is 1. The predicted molar refractivity (Wildman–Crippen MR) is 128 cm³/mol. The van der Waals surface area contributed by atoms with Gasteiger partial charge in [-0.2, -0.15) is 17.5 Å². The van der Waals surface area contributed by atoms with E-state index in [-0.39, 0.29) is 28.9 Å². The molecule has 3 atom stereocenters. The molecule has 0 saturated carbocycles. The number of sulfonamides is 1. The van der Waals surface area contributed by atoms with E-state index >= 15 is 0 Å². The molecule has 2 aliphatic rings. The molecule has 35 heavy (non-hydrogen) atoms. The summed E-state index contributed by atoms with van der Waals surface area (Å²) in [6.45, 7) is 3.33. The smallest absolute Gasteiger partial charge is 0.392 e. The van der Waals surface area contributed by atoms with Crippen LogP contribution in [0.4, 0.5) is 18.9 Å². The number of hydrogen-bond acceptors (Lipinski definition) is 7. The number of piperidine rings is 1. The number of aliphatic hydroxyl groups is 2. The molecular weight excluding hydrogens is 503 g/mol. The zero-order valence-electron chi connectivity index (χ0n) is 19.4. The van der Waals surface area contributed by atoms with Gasteiger partial charge in [-0.3, -0.25) is 4.90 Å². The van der Waals surface area contributed by atoms with Crippen LogP contribution in [0.25, 0.3) is 0 Å². The second kappa shape index (κ2) is 9.98. The normalized spacial score (nSPS) is 24.9. The number of anilines is 1. The van der Waals surface area contributed by atoms with Gasteiger partial charge < -0.3 is 15.1 Å². The fraction of sp³-hybridized carbons (Fsp3) is 0.565. The van der Waals surface area contributed by atoms with Crippen molar-refractivity contribution in [2.24, 2.45) is 0 Å². The molecule has 2 saturated heterocycles. The van der Waals surface area contributed by atoms with Crippen molar-refractivity contribution in [2.45, 2.75) is 47.9 Å². The van der Waals surface area contributed by atoms with E-state index < -0.39 is 27.9 Å². The molecule has 2 aliphatic heterocycles. The molecule has 3 heterocycles. The zero-order valence-corrected chi connectivity index (χ0v) is 21.0. The molecule has 0 unspecified atom stereocenters. The Bertz CT molecular complexity index is 1090. The van der Waals surface area contributed by atoms with Crippen molar-refractivity contribution >= 4 is 27.0 Å². The first-order valence-corrected chi connectivity index (χ1v) is 13.8. The maximum atomic E-state index is 13.3. The first kappa shape index (κ1) is 26.4. The van der Waals surface area contributed by atoms with Gasteiger partial charge in [0.2, 0.25) is 0 Å². The molecule has 7 nitrogen and oxygen atoms in total. The number of rotatable bonds is 6. The van der Waals surface area contributed by atoms with Gasteiger partial charge in [-0.05, 0) is 55.5 Å². The molecule has 2 aromatic rings. The van der Waals surface area contributed by atoms with Crippen LogP contribution in [0.2, 0.25) is 0 Å². The minimum absolute atomic E-state index is 0.217. The van der Waals surface area contributed by atoms with Gasteiger partial charge in [-0.1, -0.05) is 18.2 Å². The van der Waals surface area contributed by atoms with Gasteiger partial charge in [0.1, 0.15) is 4.21 Å². The van der Waals surface area contributed by atoms with Crippen LogP contribution < -0.4 is 4.90 Å². The Balaban J connectivity index is 1.59. The van der Waals surface area contributed by atoms with Gasteiger partial charge >= 0.3 is 6.18 Å². The highest BCUT2D eigenvalue weighted by Crippen LogP contribution is 2.39. The molecule has 1 aromatic carbocycles. The summed E-state index contributed by atoms with van der Waals surface area (Å²) in [5.41, 5.74) is -2.58. The number of likely N-dealkylation sites (tertiary alicyclic amines) is 1. The predicted octanol–water partition coefficient (Wildman–Crippen LogP) is 2.85. The molecule has 194 valence electrons. The van der Waals surface area contributed by atoms with Gasteiger partial charge in [-0.15, -0.1) is 11.3 Å². The lowest BCUT2D eigenvalue weighted by Crippen LogP contribution is -2.59. The SMILES string of the molecule is C[C@@](O)(c1ccc(N2CCN(S(=O)(=O)c3cccs3)C[C@@H]2CN2CCC[C@H](O)C2)cc1)C(F)(F)F. The van der Waals surface area contributed by atoms with Crippen LogP contribution in [0.3, 0.4) is 0 Å². The fourth-order valence-corrected chi connectivity index (χ4v) is 7.33. The minimum Gasteiger partial charge on any atom is -0.392 e. The molecule has 1 aromatic heterocycles. The third kappa shape index (κ3) is 5.52. The van der Waals surface area contributed by atoms with E-state index in [1.807, 2.05) is 4.90 Å². The van der Waals surface area contributed by atoms with E-state index in [4.69, 9.17) is 0 Å². The van der Waals surface area contributed by atoms with Gasteiger partial charge in [0.25, 0.3) is 10.0 Å². The van der Waals surface area contributed by atoms with Crippen molar-refractivity contribution in [2.75, 3.05) is 44.2 Å². The number of benzene rings is 1.